The first-order valence-electron chi connectivity index (χ1n) is 18.3. The van der Waals surface area contributed by atoms with Gasteiger partial charge in [0.1, 0.15) is 17.6 Å². The highest BCUT2D eigenvalue weighted by Gasteiger charge is 2.42. The summed E-state index contributed by atoms with van der Waals surface area (Å²) >= 11 is 0. The summed E-state index contributed by atoms with van der Waals surface area (Å²) in [6.07, 6.45) is 6.41. The highest BCUT2D eigenvalue weighted by molar-refractivity contribution is 6.06. The van der Waals surface area contributed by atoms with Gasteiger partial charge in [-0.15, -0.1) is 0 Å². The Kier molecular flexibility index (Phi) is 8.77. The second kappa shape index (κ2) is 13.4. The number of likely N-dealkylation sites (N-methyl/N-ethyl adjacent to an activating group) is 1. The number of amides is 3. The molecule has 14 heteroatoms. The third-order valence-corrected chi connectivity index (χ3v) is 11.2. The van der Waals surface area contributed by atoms with Crippen LogP contribution in [0.25, 0.3) is 11.3 Å². The van der Waals surface area contributed by atoms with Gasteiger partial charge in [-0.25, -0.2) is 9.97 Å². The molecule has 1 atom stereocenters. The number of carbonyl (C=O) groups excluding carboxylic acids is 3. The van der Waals surface area contributed by atoms with Gasteiger partial charge in [-0.3, -0.25) is 29.0 Å². The molecule has 14 nitrogen and oxygen atoms in total. The molecule has 0 spiro atoms. The number of hydrogen-bond acceptors (Lipinski definition) is 9. The largest absolute Gasteiger partial charge is 0.378 e. The molecule has 4 aromatic rings. The SMILES string of the molecule is C=CC(=O)Nc1cc(Nc2nc(-c3ccnc(N4CCn5c(cc6c5CC(C)(C)C6)C4=O)c3C)cn(C)c2=O)ccc1C1C(=O)N(C)CCN1C1COC1. The van der Waals surface area contributed by atoms with Gasteiger partial charge in [0.2, 0.25) is 11.8 Å². The van der Waals surface area contributed by atoms with Gasteiger partial charge < -0.3 is 29.4 Å². The Labute approximate surface area is 313 Å². The van der Waals surface area contributed by atoms with E-state index in [1.807, 2.05) is 13.0 Å². The predicted octanol–water partition coefficient (Wildman–Crippen LogP) is 3.82. The van der Waals surface area contributed by atoms with Crippen molar-refractivity contribution < 1.29 is 19.1 Å². The van der Waals surface area contributed by atoms with Gasteiger partial charge in [-0.1, -0.05) is 26.5 Å². The van der Waals surface area contributed by atoms with E-state index in [-0.39, 0.29) is 34.6 Å². The van der Waals surface area contributed by atoms with Crippen molar-refractivity contribution in [1.29, 1.82) is 0 Å². The zero-order valence-corrected chi connectivity index (χ0v) is 31.3. The van der Waals surface area contributed by atoms with Crippen molar-refractivity contribution in [2.24, 2.45) is 12.5 Å². The van der Waals surface area contributed by atoms with Crippen LogP contribution in [0.1, 0.15) is 52.8 Å². The van der Waals surface area contributed by atoms with Gasteiger partial charge in [0.05, 0.1) is 24.9 Å². The molecule has 54 heavy (non-hydrogen) atoms. The standard InChI is InChI=1S/C40H45N9O5/c1-7-33(50)43-29-17-25(8-9-28(29)34-38(52)45(5)12-13-47(34)26-21-54-22-26)42-35-39(53)46(6)20-30(44-35)27-10-11-41-36(23(27)2)49-15-14-48-31(37(49)51)16-24-18-40(3,4)19-32(24)48/h7-11,16-17,20,26,34H,1,12-15,18-19,21-22H2,2-6H3,(H,42,44)(H,43,50). The Bertz CT molecular complexity index is 2290. The maximum absolute atomic E-state index is 13.9. The molecule has 1 aliphatic carbocycles. The number of carbonyl (C=O) groups is 3. The summed E-state index contributed by atoms with van der Waals surface area (Å²) in [6, 6.07) is 8.61. The van der Waals surface area contributed by atoms with Crippen LogP contribution in [0.4, 0.5) is 23.0 Å². The lowest BCUT2D eigenvalue weighted by atomic mass is 9.90. The molecule has 3 amide bonds. The number of hydrogen-bond donors (Lipinski definition) is 2. The number of fused-ring (bicyclic) bond motifs is 3. The molecule has 2 saturated heterocycles. The second-order valence-electron chi connectivity index (χ2n) is 15.5. The topological polar surface area (TPSA) is 147 Å². The Balaban J connectivity index is 1.11. The number of nitrogens with zero attached hydrogens (tertiary/aromatic N) is 7. The van der Waals surface area contributed by atoms with Crippen LogP contribution in [0.5, 0.6) is 0 Å². The van der Waals surface area contributed by atoms with E-state index in [2.05, 4.69) is 51.6 Å². The Hall–Kier alpha value is -5.60. The van der Waals surface area contributed by atoms with E-state index in [1.54, 1.807) is 54.5 Å². The van der Waals surface area contributed by atoms with Crippen LogP contribution in [0.15, 0.2) is 60.2 Å². The lowest BCUT2D eigenvalue weighted by Crippen LogP contribution is -2.59. The molecule has 0 saturated carbocycles. The number of aromatic nitrogens is 4. The first kappa shape index (κ1) is 35.4. The molecule has 2 N–H and O–H groups in total. The minimum absolute atomic E-state index is 0.0625. The third kappa shape index (κ3) is 6.08. The van der Waals surface area contributed by atoms with Gasteiger partial charge in [-0.2, -0.15) is 0 Å². The van der Waals surface area contributed by atoms with Gasteiger partial charge in [0.15, 0.2) is 5.82 Å². The lowest BCUT2D eigenvalue weighted by molar-refractivity contribution is -0.151. The summed E-state index contributed by atoms with van der Waals surface area (Å²) in [5, 5.41) is 6.04. The first-order valence-corrected chi connectivity index (χ1v) is 18.3. The first-order chi connectivity index (χ1) is 25.8. The summed E-state index contributed by atoms with van der Waals surface area (Å²) < 4.78 is 9.09. The molecule has 8 rings (SSSR count). The molecular weight excluding hydrogens is 686 g/mol. The summed E-state index contributed by atoms with van der Waals surface area (Å²) in [6.45, 7) is 13.6. The Morgan fingerprint density at radius 2 is 1.83 bits per heavy atom. The average Bonchev–Trinajstić information content (AvgIpc) is 3.60. The van der Waals surface area contributed by atoms with Gasteiger partial charge in [-0.05, 0) is 61.1 Å². The van der Waals surface area contributed by atoms with Crippen LogP contribution in [0, 0.1) is 12.3 Å². The second-order valence-corrected chi connectivity index (χ2v) is 15.5. The molecule has 3 aliphatic heterocycles. The zero-order chi connectivity index (χ0) is 38.1. The number of piperazine rings is 1. The van der Waals surface area contributed by atoms with E-state index < -0.39 is 11.9 Å². The molecule has 6 heterocycles. The van der Waals surface area contributed by atoms with Crippen molar-refractivity contribution in [2.75, 3.05) is 55.4 Å². The highest BCUT2D eigenvalue weighted by Crippen LogP contribution is 2.40. The van der Waals surface area contributed by atoms with E-state index in [0.717, 1.165) is 24.0 Å². The van der Waals surface area contributed by atoms with Crippen molar-refractivity contribution in [2.45, 2.75) is 52.2 Å². The normalized spacial score (nSPS) is 19.7. The summed E-state index contributed by atoms with van der Waals surface area (Å²) in [4.78, 5) is 68.7. The number of rotatable bonds is 8. The Morgan fingerprint density at radius 1 is 1.04 bits per heavy atom. The summed E-state index contributed by atoms with van der Waals surface area (Å²) in [5.74, 6) is 0.0282. The van der Waals surface area contributed by atoms with Crippen LogP contribution in [-0.4, -0.2) is 92.6 Å². The highest BCUT2D eigenvalue weighted by atomic mass is 16.5. The lowest BCUT2D eigenvalue weighted by Gasteiger charge is -2.46. The van der Waals surface area contributed by atoms with Crippen LogP contribution in [0.2, 0.25) is 0 Å². The number of aryl methyl sites for hydroxylation is 1. The van der Waals surface area contributed by atoms with Crippen molar-refractivity contribution in [3.05, 3.63) is 93.8 Å². The minimum atomic E-state index is -0.630. The number of pyridine rings is 1. The molecule has 4 aliphatic rings. The molecular formula is C40H45N9O5. The monoisotopic (exact) mass is 731 g/mol. The molecule has 0 bridgehead atoms. The van der Waals surface area contributed by atoms with Gasteiger partial charge >= 0.3 is 0 Å². The zero-order valence-electron chi connectivity index (χ0n) is 31.3. The maximum atomic E-state index is 13.9. The van der Waals surface area contributed by atoms with E-state index in [0.29, 0.717) is 73.5 Å². The molecule has 1 aromatic carbocycles. The molecule has 2 fully saturated rings. The number of ether oxygens (including phenoxy) is 1. The average molecular weight is 732 g/mol. The fourth-order valence-corrected chi connectivity index (χ4v) is 8.28. The van der Waals surface area contributed by atoms with Crippen molar-refractivity contribution in [3.8, 4) is 11.3 Å². The van der Waals surface area contributed by atoms with E-state index in [4.69, 9.17) is 9.72 Å². The summed E-state index contributed by atoms with van der Waals surface area (Å²) in [7, 11) is 3.43. The number of benzene rings is 1. The minimum Gasteiger partial charge on any atom is -0.378 e. The molecule has 0 radical (unpaired) electrons. The molecule has 280 valence electrons. The predicted molar refractivity (Wildman–Crippen MR) is 205 cm³/mol. The van der Waals surface area contributed by atoms with E-state index in [9.17, 15) is 19.2 Å². The Morgan fingerprint density at radius 3 is 2.57 bits per heavy atom. The van der Waals surface area contributed by atoms with E-state index in [1.165, 1.54) is 21.9 Å². The molecule has 1 unspecified atom stereocenters. The van der Waals surface area contributed by atoms with Crippen LogP contribution >= 0.6 is 0 Å². The van der Waals surface area contributed by atoms with Crippen molar-refractivity contribution in [1.82, 2.24) is 28.9 Å². The van der Waals surface area contributed by atoms with Gasteiger partial charge in [0.25, 0.3) is 11.5 Å². The van der Waals surface area contributed by atoms with Crippen molar-refractivity contribution >= 4 is 40.7 Å². The van der Waals surface area contributed by atoms with Crippen molar-refractivity contribution in [3.63, 3.8) is 0 Å². The summed E-state index contributed by atoms with van der Waals surface area (Å²) in [5.41, 5.74) is 6.58. The quantitative estimate of drug-likeness (QED) is 0.258. The smallest absolute Gasteiger partial charge is 0.293 e. The molecule has 3 aromatic heterocycles. The van der Waals surface area contributed by atoms with Gasteiger partial charge in [0, 0.05) is 86.4 Å². The third-order valence-electron chi connectivity index (χ3n) is 11.2. The van der Waals surface area contributed by atoms with E-state index >= 15 is 0 Å². The fourth-order valence-electron chi connectivity index (χ4n) is 8.28. The fraction of sp³-hybridized carbons (Fsp3) is 0.400. The number of nitrogens with one attached hydrogen (secondary N) is 2. The van der Waals surface area contributed by atoms with Crippen LogP contribution in [0.3, 0.4) is 0 Å². The van der Waals surface area contributed by atoms with Crippen LogP contribution < -0.4 is 21.1 Å². The maximum Gasteiger partial charge on any atom is 0.293 e. The number of anilines is 4. The van der Waals surface area contributed by atoms with Crippen LogP contribution in [-0.2, 0) is 40.8 Å².